The van der Waals surface area contributed by atoms with Crippen LogP contribution in [0.3, 0.4) is 0 Å². The summed E-state index contributed by atoms with van der Waals surface area (Å²) in [6.07, 6.45) is 0. The van der Waals surface area contributed by atoms with Crippen LogP contribution < -0.4 is 5.32 Å². The van der Waals surface area contributed by atoms with E-state index in [1.165, 1.54) is 0 Å². The van der Waals surface area contributed by atoms with Gasteiger partial charge in [-0.15, -0.1) is 0 Å². The van der Waals surface area contributed by atoms with Crippen LogP contribution in [-0.4, -0.2) is 5.91 Å². The zero-order valence-corrected chi connectivity index (χ0v) is 7.39. The summed E-state index contributed by atoms with van der Waals surface area (Å²) in [7, 11) is 0. The predicted octanol–water partition coefficient (Wildman–Crippen LogP) is 0.666. The Morgan fingerprint density at radius 2 is 2.27 bits per heavy atom. The van der Waals surface area contributed by atoms with E-state index in [4.69, 9.17) is 0 Å². The van der Waals surface area contributed by atoms with E-state index in [-0.39, 0.29) is 5.91 Å². The molecule has 0 bridgehead atoms. The Labute approximate surface area is 72.7 Å². The van der Waals surface area contributed by atoms with Gasteiger partial charge in [-0.25, -0.2) is 4.79 Å². The van der Waals surface area contributed by atoms with Crippen LogP contribution in [0.15, 0.2) is 22.7 Å². The largest absolute Gasteiger partial charge is 0.343 e. The van der Waals surface area contributed by atoms with Gasteiger partial charge in [0.15, 0.2) is 0 Å². The number of carbonyl (C=O) groups excluding carboxylic acids is 1. The second-order valence-corrected chi connectivity index (χ2v) is 3.39. The number of rotatable bonds is 0. The van der Waals surface area contributed by atoms with Crippen molar-refractivity contribution in [3.63, 3.8) is 0 Å². The molecule has 0 unspecified atom stereocenters. The first kappa shape index (κ1) is 7.00. The summed E-state index contributed by atoms with van der Waals surface area (Å²) in [4.78, 5) is 11.1. The van der Waals surface area contributed by atoms with Gasteiger partial charge in [0.25, 0.3) is 0 Å². The number of quaternary nitrogens is 1. The van der Waals surface area contributed by atoms with Gasteiger partial charge in [-0.2, -0.15) is 0 Å². The zero-order valence-electron chi connectivity index (χ0n) is 5.80. The fourth-order valence-electron chi connectivity index (χ4n) is 1.30. The van der Waals surface area contributed by atoms with Crippen molar-refractivity contribution in [2.75, 3.05) is 0 Å². The molecule has 0 fully saturated rings. The molecule has 1 amide bonds. The Hall–Kier alpha value is -0.670. The molecule has 2 rings (SSSR count). The van der Waals surface area contributed by atoms with E-state index in [0.717, 1.165) is 22.1 Å². The summed E-state index contributed by atoms with van der Waals surface area (Å²) in [5, 5.41) is 1.72. The second kappa shape index (κ2) is 2.43. The molecule has 0 spiro atoms. The highest BCUT2D eigenvalue weighted by molar-refractivity contribution is 9.10. The fourth-order valence-corrected chi connectivity index (χ4v) is 1.83. The molecule has 1 aliphatic heterocycles. The smallest absolute Gasteiger partial charge is 0.275 e. The van der Waals surface area contributed by atoms with Crippen LogP contribution in [0.5, 0.6) is 0 Å². The Morgan fingerprint density at radius 3 is 3.00 bits per heavy atom. The zero-order chi connectivity index (χ0) is 7.84. The predicted molar refractivity (Wildman–Crippen MR) is 44.1 cm³/mol. The van der Waals surface area contributed by atoms with Crippen LogP contribution in [-0.2, 0) is 6.54 Å². The van der Waals surface area contributed by atoms with E-state index in [1.54, 1.807) is 5.32 Å². The summed E-state index contributed by atoms with van der Waals surface area (Å²) < 4.78 is 1.04. The lowest BCUT2D eigenvalue weighted by Crippen LogP contribution is -2.83. The van der Waals surface area contributed by atoms with Gasteiger partial charge in [0, 0.05) is 10.0 Å². The molecule has 0 aromatic heterocycles. The van der Waals surface area contributed by atoms with Gasteiger partial charge in [-0.05, 0) is 12.1 Å². The molecule has 1 aliphatic rings. The van der Waals surface area contributed by atoms with Crippen LogP contribution in [0.25, 0.3) is 0 Å². The minimum absolute atomic E-state index is 0.154. The van der Waals surface area contributed by atoms with Crippen LogP contribution in [0, 0.1) is 0 Å². The van der Waals surface area contributed by atoms with Crippen molar-refractivity contribution >= 4 is 21.8 Å². The Bertz CT molecular complexity index is 322. The van der Waals surface area contributed by atoms with E-state index in [2.05, 4.69) is 15.9 Å². The standard InChI is InChI=1S/C8H6BrNO/c9-7-3-1-2-5-6(7)4-10-8(5)11/h1-3H,4H2,(H,10,11)/p+1. The van der Waals surface area contributed by atoms with Crippen molar-refractivity contribution in [3.05, 3.63) is 33.8 Å². The number of hydrogen-bond acceptors (Lipinski definition) is 1. The van der Waals surface area contributed by atoms with E-state index in [0.29, 0.717) is 0 Å². The lowest BCUT2D eigenvalue weighted by molar-refractivity contribution is -0.564. The van der Waals surface area contributed by atoms with Gasteiger partial charge < -0.3 is 0 Å². The maximum absolute atomic E-state index is 11.1. The molecule has 56 valence electrons. The van der Waals surface area contributed by atoms with Crippen molar-refractivity contribution in [2.24, 2.45) is 0 Å². The van der Waals surface area contributed by atoms with E-state index in [9.17, 15) is 4.79 Å². The molecule has 1 aromatic rings. The highest BCUT2D eigenvalue weighted by Crippen LogP contribution is 2.21. The fraction of sp³-hybridized carbons (Fsp3) is 0.125. The quantitative estimate of drug-likeness (QED) is 0.675. The van der Waals surface area contributed by atoms with Gasteiger partial charge in [0.05, 0.1) is 5.56 Å². The van der Waals surface area contributed by atoms with Crippen molar-refractivity contribution in [1.29, 1.82) is 0 Å². The van der Waals surface area contributed by atoms with Crippen LogP contribution >= 0.6 is 15.9 Å². The lowest BCUT2D eigenvalue weighted by atomic mass is 10.1. The van der Waals surface area contributed by atoms with Gasteiger partial charge in [-0.1, -0.05) is 22.0 Å². The van der Waals surface area contributed by atoms with Gasteiger partial charge in [0.2, 0.25) is 0 Å². The van der Waals surface area contributed by atoms with E-state index >= 15 is 0 Å². The molecule has 0 atom stereocenters. The molecule has 1 heterocycles. The number of benzene rings is 1. The van der Waals surface area contributed by atoms with Gasteiger partial charge in [-0.3, -0.25) is 5.32 Å². The molecule has 2 nitrogen and oxygen atoms in total. The van der Waals surface area contributed by atoms with Crippen molar-refractivity contribution in [2.45, 2.75) is 6.54 Å². The number of nitrogens with two attached hydrogens (primary N) is 1. The van der Waals surface area contributed by atoms with Gasteiger partial charge in [0.1, 0.15) is 6.54 Å². The SMILES string of the molecule is O=C1[NH2+]Cc2c(Br)cccc21. The monoisotopic (exact) mass is 212 g/mol. The summed E-state index contributed by atoms with van der Waals surface area (Å²) >= 11 is 3.40. The summed E-state index contributed by atoms with van der Waals surface area (Å²) in [5.41, 5.74) is 1.97. The molecule has 0 saturated carbocycles. The first-order valence-corrected chi connectivity index (χ1v) is 4.23. The Kier molecular flexibility index (Phi) is 1.55. The maximum Gasteiger partial charge on any atom is 0.343 e. The van der Waals surface area contributed by atoms with Crippen molar-refractivity contribution in [3.8, 4) is 0 Å². The van der Waals surface area contributed by atoms with Crippen molar-refractivity contribution < 1.29 is 10.1 Å². The Morgan fingerprint density at radius 1 is 1.45 bits per heavy atom. The topological polar surface area (TPSA) is 33.7 Å². The molecule has 1 aromatic carbocycles. The van der Waals surface area contributed by atoms with E-state index < -0.39 is 0 Å². The second-order valence-electron chi connectivity index (χ2n) is 2.54. The number of primary amides is 1. The number of carbonyl (C=O) groups is 1. The molecule has 0 radical (unpaired) electrons. The lowest BCUT2D eigenvalue weighted by Gasteiger charge is -1.93. The highest BCUT2D eigenvalue weighted by atomic mass is 79.9. The molecular formula is C8H7BrNO+. The molecule has 11 heavy (non-hydrogen) atoms. The normalized spacial score (nSPS) is 15.2. The molecular weight excluding hydrogens is 206 g/mol. The third-order valence-corrected chi connectivity index (χ3v) is 2.62. The summed E-state index contributed by atoms with van der Waals surface area (Å²) in [5.74, 6) is 0.154. The molecule has 3 heteroatoms. The third kappa shape index (κ3) is 1.01. The minimum atomic E-state index is 0.154. The number of fused-ring (bicyclic) bond motifs is 1. The number of halogens is 1. The average Bonchev–Trinajstić information content (AvgIpc) is 2.35. The first-order chi connectivity index (χ1) is 5.29. The minimum Gasteiger partial charge on any atom is -0.275 e. The number of amides is 1. The number of hydrogen-bond donors (Lipinski definition) is 1. The highest BCUT2D eigenvalue weighted by Gasteiger charge is 2.24. The van der Waals surface area contributed by atoms with Crippen LogP contribution in [0.1, 0.15) is 15.9 Å². The molecule has 2 N–H and O–H groups in total. The van der Waals surface area contributed by atoms with Gasteiger partial charge >= 0.3 is 5.91 Å². The Balaban J connectivity index is 2.66. The summed E-state index contributed by atoms with van der Waals surface area (Å²) in [6, 6.07) is 5.72. The molecule has 0 saturated heterocycles. The van der Waals surface area contributed by atoms with Crippen molar-refractivity contribution in [1.82, 2.24) is 0 Å². The summed E-state index contributed by atoms with van der Waals surface area (Å²) in [6.45, 7) is 0.773. The first-order valence-electron chi connectivity index (χ1n) is 3.44. The molecule has 0 aliphatic carbocycles. The van der Waals surface area contributed by atoms with Crippen LogP contribution in [0.2, 0.25) is 0 Å². The maximum atomic E-state index is 11.1. The van der Waals surface area contributed by atoms with E-state index in [1.807, 2.05) is 18.2 Å². The third-order valence-electron chi connectivity index (χ3n) is 1.88. The average molecular weight is 213 g/mol. The van der Waals surface area contributed by atoms with Crippen LogP contribution in [0.4, 0.5) is 0 Å².